The van der Waals surface area contributed by atoms with Gasteiger partial charge in [0.2, 0.25) is 0 Å². The van der Waals surface area contributed by atoms with Crippen molar-refractivity contribution in [3.63, 3.8) is 0 Å². The molecule has 1 aromatic heterocycles. The van der Waals surface area contributed by atoms with Gasteiger partial charge in [-0.05, 0) is 24.7 Å². The summed E-state index contributed by atoms with van der Waals surface area (Å²) in [6.45, 7) is 3.15. The van der Waals surface area contributed by atoms with Gasteiger partial charge in [-0.25, -0.2) is 0 Å². The second kappa shape index (κ2) is 6.38. The summed E-state index contributed by atoms with van der Waals surface area (Å²) in [5.41, 5.74) is 1.10. The van der Waals surface area contributed by atoms with Crippen molar-refractivity contribution >= 4 is 31.6 Å². The van der Waals surface area contributed by atoms with E-state index in [9.17, 15) is 8.42 Å². The van der Waals surface area contributed by atoms with Crippen molar-refractivity contribution < 1.29 is 8.42 Å². The Balaban J connectivity index is 2.24. The number of nitrogens with zero attached hydrogens (tertiary/aromatic N) is 1. The normalized spacial score (nSPS) is 11.5. The number of H-pyrrole nitrogens is 1. The Morgan fingerprint density at radius 1 is 1.40 bits per heavy atom. The van der Waals surface area contributed by atoms with Gasteiger partial charge in [0.15, 0.2) is 5.03 Å². The number of sulfonamides is 1. The van der Waals surface area contributed by atoms with Gasteiger partial charge >= 0.3 is 0 Å². The predicted octanol–water partition coefficient (Wildman–Crippen LogP) is 2.08. The van der Waals surface area contributed by atoms with Crippen LogP contribution < -0.4 is 10.0 Å². The molecule has 0 bridgehead atoms. The van der Waals surface area contributed by atoms with Crippen molar-refractivity contribution in [1.29, 1.82) is 0 Å². The molecule has 0 unspecified atom stereocenters. The number of rotatable bonds is 6. The van der Waals surface area contributed by atoms with Crippen LogP contribution in [0.25, 0.3) is 0 Å². The van der Waals surface area contributed by atoms with Crippen molar-refractivity contribution in [1.82, 2.24) is 15.5 Å². The van der Waals surface area contributed by atoms with Crippen molar-refractivity contribution in [2.75, 3.05) is 11.3 Å². The van der Waals surface area contributed by atoms with Crippen LogP contribution in [-0.2, 0) is 16.6 Å². The van der Waals surface area contributed by atoms with E-state index in [4.69, 9.17) is 0 Å². The summed E-state index contributed by atoms with van der Waals surface area (Å²) in [6.07, 6.45) is 1.51. The molecule has 1 heterocycles. The maximum Gasteiger partial charge on any atom is 0.279 e. The zero-order valence-electron chi connectivity index (χ0n) is 10.9. The predicted molar refractivity (Wildman–Crippen MR) is 80.9 cm³/mol. The Morgan fingerprint density at radius 3 is 2.90 bits per heavy atom. The van der Waals surface area contributed by atoms with Crippen molar-refractivity contribution in [3.8, 4) is 0 Å². The fraction of sp³-hybridized carbons (Fsp3) is 0.250. The largest absolute Gasteiger partial charge is 0.313 e. The first-order valence-corrected chi connectivity index (χ1v) is 8.32. The molecule has 0 fully saturated rings. The molecule has 0 saturated carbocycles. The molecule has 0 amide bonds. The van der Waals surface area contributed by atoms with Crippen molar-refractivity contribution in [2.45, 2.75) is 18.5 Å². The standard InChI is InChI=1S/C12H15BrN4O2S/c1-2-14-7-9-8-15-16-12(9)20(18,19)17-11-5-3-4-10(13)6-11/h3-6,8,14,17H,2,7H2,1H3,(H,15,16). The molecular weight excluding hydrogens is 344 g/mol. The summed E-state index contributed by atoms with van der Waals surface area (Å²) in [7, 11) is -3.68. The van der Waals surface area contributed by atoms with Gasteiger partial charge in [-0.3, -0.25) is 9.82 Å². The maximum atomic E-state index is 12.3. The maximum absolute atomic E-state index is 12.3. The summed E-state index contributed by atoms with van der Waals surface area (Å²) in [5, 5.41) is 9.50. The highest BCUT2D eigenvalue weighted by Gasteiger charge is 2.20. The average molecular weight is 359 g/mol. The molecule has 0 saturated heterocycles. The van der Waals surface area contributed by atoms with E-state index < -0.39 is 10.0 Å². The Bertz CT molecular complexity index is 684. The molecule has 0 radical (unpaired) electrons. The van der Waals surface area contributed by atoms with Crippen LogP contribution >= 0.6 is 15.9 Å². The molecule has 20 heavy (non-hydrogen) atoms. The minimum atomic E-state index is -3.68. The van der Waals surface area contributed by atoms with Gasteiger partial charge in [0, 0.05) is 22.3 Å². The second-order valence-electron chi connectivity index (χ2n) is 4.12. The molecule has 2 rings (SSSR count). The van der Waals surface area contributed by atoms with Gasteiger partial charge in [0.1, 0.15) is 0 Å². The molecule has 0 aliphatic rings. The SMILES string of the molecule is CCNCc1cn[nH]c1S(=O)(=O)Nc1cccc(Br)c1. The lowest BCUT2D eigenvalue weighted by Crippen LogP contribution is -2.18. The smallest absolute Gasteiger partial charge is 0.279 e. The number of anilines is 1. The molecule has 0 aliphatic carbocycles. The first kappa shape index (κ1) is 15.0. The highest BCUT2D eigenvalue weighted by molar-refractivity contribution is 9.10. The molecule has 0 aliphatic heterocycles. The van der Waals surface area contributed by atoms with Crippen LogP contribution in [0.5, 0.6) is 0 Å². The fourth-order valence-electron chi connectivity index (χ4n) is 1.68. The summed E-state index contributed by atoms with van der Waals surface area (Å²) in [6, 6.07) is 6.96. The molecule has 2 aromatic rings. The summed E-state index contributed by atoms with van der Waals surface area (Å²) in [5.74, 6) is 0. The first-order chi connectivity index (χ1) is 9.53. The third-order valence-electron chi connectivity index (χ3n) is 2.59. The monoisotopic (exact) mass is 358 g/mol. The number of aromatic nitrogens is 2. The zero-order chi connectivity index (χ0) is 14.6. The Labute approximate surface area is 126 Å². The minimum absolute atomic E-state index is 0.0819. The number of hydrogen-bond acceptors (Lipinski definition) is 4. The highest BCUT2D eigenvalue weighted by Crippen LogP contribution is 2.20. The van der Waals surface area contributed by atoms with Crippen LogP contribution in [0.1, 0.15) is 12.5 Å². The van der Waals surface area contributed by atoms with Crippen LogP contribution in [0.2, 0.25) is 0 Å². The lowest BCUT2D eigenvalue weighted by molar-refractivity contribution is 0.594. The van der Waals surface area contributed by atoms with E-state index in [2.05, 4.69) is 36.2 Å². The van der Waals surface area contributed by atoms with Crippen LogP contribution in [0, 0.1) is 0 Å². The first-order valence-electron chi connectivity index (χ1n) is 6.04. The molecule has 1 aromatic carbocycles. The van der Waals surface area contributed by atoms with Crippen LogP contribution in [0.3, 0.4) is 0 Å². The van der Waals surface area contributed by atoms with E-state index >= 15 is 0 Å². The number of halogens is 1. The van der Waals surface area contributed by atoms with Crippen molar-refractivity contribution in [3.05, 3.63) is 40.5 Å². The van der Waals surface area contributed by atoms with Crippen LogP contribution in [0.15, 0.2) is 40.0 Å². The third kappa shape index (κ3) is 3.59. The summed E-state index contributed by atoms with van der Waals surface area (Å²) >= 11 is 3.30. The third-order valence-corrected chi connectivity index (χ3v) is 4.48. The lowest BCUT2D eigenvalue weighted by atomic mass is 10.3. The average Bonchev–Trinajstić information content (AvgIpc) is 2.85. The second-order valence-corrected chi connectivity index (χ2v) is 6.66. The molecule has 0 atom stereocenters. The van der Waals surface area contributed by atoms with E-state index in [1.807, 2.05) is 13.0 Å². The Morgan fingerprint density at radius 2 is 2.20 bits per heavy atom. The highest BCUT2D eigenvalue weighted by atomic mass is 79.9. The molecule has 8 heteroatoms. The van der Waals surface area contributed by atoms with E-state index in [0.29, 0.717) is 17.8 Å². The molecular formula is C12H15BrN4O2S. The minimum Gasteiger partial charge on any atom is -0.313 e. The van der Waals surface area contributed by atoms with Gasteiger partial charge in [0.05, 0.1) is 6.20 Å². The van der Waals surface area contributed by atoms with E-state index in [-0.39, 0.29) is 5.03 Å². The van der Waals surface area contributed by atoms with Crippen LogP contribution in [-0.4, -0.2) is 25.2 Å². The van der Waals surface area contributed by atoms with E-state index in [1.54, 1.807) is 18.2 Å². The molecule has 3 N–H and O–H groups in total. The van der Waals surface area contributed by atoms with Gasteiger partial charge in [-0.1, -0.05) is 28.9 Å². The fourth-order valence-corrected chi connectivity index (χ4v) is 3.26. The van der Waals surface area contributed by atoms with E-state index in [0.717, 1.165) is 11.0 Å². The summed E-state index contributed by atoms with van der Waals surface area (Å²) < 4.78 is 28.0. The number of nitrogens with one attached hydrogen (secondary N) is 3. The topological polar surface area (TPSA) is 86.9 Å². The Kier molecular flexibility index (Phi) is 4.79. The number of hydrogen-bond donors (Lipinski definition) is 3. The van der Waals surface area contributed by atoms with Gasteiger partial charge in [-0.15, -0.1) is 0 Å². The van der Waals surface area contributed by atoms with Gasteiger partial charge in [-0.2, -0.15) is 13.5 Å². The zero-order valence-corrected chi connectivity index (χ0v) is 13.3. The molecule has 6 nitrogen and oxygen atoms in total. The van der Waals surface area contributed by atoms with E-state index in [1.165, 1.54) is 6.20 Å². The van der Waals surface area contributed by atoms with Gasteiger partial charge in [0.25, 0.3) is 10.0 Å². The lowest BCUT2D eigenvalue weighted by Gasteiger charge is -2.08. The number of aromatic amines is 1. The molecule has 108 valence electrons. The quantitative estimate of drug-likeness (QED) is 0.737. The Hall–Kier alpha value is -1.38. The van der Waals surface area contributed by atoms with Crippen LogP contribution in [0.4, 0.5) is 5.69 Å². The van der Waals surface area contributed by atoms with Gasteiger partial charge < -0.3 is 5.32 Å². The molecule has 0 spiro atoms. The number of benzene rings is 1. The summed E-state index contributed by atoms with van der Waals surface area (Å²) in [4.78, 5) is 0. The van der Waals surface area contributed by atoms with Crippen molar-refractivity contribution in [2.24, 2.45) is 0 Å².